The van der Waals surface area contributed by atoms with E-state index in [0.29, 0.717) is 0 Å². The van der Waals surface area contributed by atoms with E-state index >= 15 is 0 Å². The summed E-state index contributed by atoms with van der Waals surface area (Å²) in [7, 11) is 0. The third-order valence-corrected chi connectivity index (χ3v) is 8.66. The molecule has 2 aromatic heterocycles. The van der Waals surface area contributed by atoms with Gasteiger partial charge in [-0.3, -0.25) is 0 Å². The second-order valence-electron chi connectivity index (χ2n) is 10.6. The summed E-state index contributed by atoms with van der Waals surface area (Å²) in [5.41, 5.74) is 9.24. The van der Waals surface area contributed by atoms with E-state index in [-0.39, 0.29) is 20.1 Å². The number of aromatic nitrogens is 1. The maximum Gasteiger partial charge on any atom is 0.494 e. The number of thiophene rings is 1. The fraction of sp³-hybridized carbons (Fsp3) is 0.189. The van der Waals surface area contributed by atoms with Gasteiger partial charge in [-0.05, 0) is 31.2 Å². The first-order chi connectivity index (χ1) is 20.0. The van der Waals surface area contributed by atoms with Crippen LogP contribution in [0.3, 0.4) is 0 Å². The van der Waals surface area contributed by atoms with Crippen molar-refractivity contribution < 1.29 is 24.7 Å². The number of unbranched alkanes of at least 4 members (excludes halogenated alkanes) is 1. The summed E-state index contributed by atoms with van der Waals surface area (Å²) < 4.78 is 7.01. The first kappa shape index (κ1) is 29.8. The number of nitrogens with zero attached hydrogens (tertiary/aromatic N) is 3. The molecule has 4 aromatic carbocycles. The molecule has 0 aliphatic carbocycles. The van der Waals surface area contributed by atoms with E-state index in [4.69, 9.17) is 0 Å². The van der Waals surface area contributed by atoms with Gasteiger partial charge in [-0.1, -0.05) is 87.5 Å². The summed E-state index contributed by atoms with van der Waals surface area (Å²) in [4.78, 5) is 4.41. The average Bonchev–Trinajstić information content (AvgIpc) is 3.56. The summed E-state index contributed by atoms with van der Waals surface area (Å²) in [5.74, 6) is 0. The van der Waals surface area contributed by atoms with Crippen LogP contribution in [-0.2, 0) is 20.1 Å². The molecule has 0 saturated heterocycles. The van der Waals surface area contributed by atoms with Crippen LogP contribution in [0.1, 0.15) is 36.5 Å². The Bertz CT molecular complexity index is 1950. The van der Waals surface area contributed by atoms with E-state index in [0.717, 1.165) is 29.9 Å². The summed E-state index contributed by atoms with van der Waals surface area (Å²) >= 11 is 1.84. The summed E-state index contributed by atoms with van der Waals surface area (Å²) in [5, 5.41) is 2.60. The second kappa shape index (κ2) is 13.1. The van der Waals surface area contributed by atoms with E-state index in [1.807, 2.05) is 23.6 Å². The number of aryl methyl sites for hydroxylation is 3. The quantitative estimate of drug-likeness (QED) is 0.127. The molecule has 42 heavy (non-hydrogen) atoms. The predicted octanol–water partition coefficient (Wildman–Crippen LogP) is 9.79. The van der Waals surface area contributed by atoms with Gasteiger partial charge in [0.05, 0.1) is 0 Å². The molecule has 3 heterocycles. The van der Waals surface area contributed by atoms with Crippen LogP contribution in [0.15, 0.2) is 91.1 Å². The number of hydrogen-bond donors (Lipinski definition) is 0. The predicted molar refractivity (Wildman–Crippen MR) is 173 cm³/mol. The Hall–Kier alpha value is -3.72. The number of fused-ring (bicyclic) bond motifs is 4. The molecule has 0 saturated carbocycles. The van der Waals surface area contributed by atoms with Gasteiger partial charge in [-0.25, -0.2) is 0 Å². The molecule has 0 N–H and O–H groups in total. The molecule has 1 aliphatic heterocycles. The molecule has 211 valence electrons. The maximum absolute atomic E-state index is 4.41. The zero-order valence-corrected chi connectivity index (χ0v) is 27.6. The molecule has 1 aliphatic rings. The largest absolute Gasteiger partial charge is 0.494 e. The minimum atomic E-state index is 0. The van der Waals surface area contributed by atoms with Gasteiger partial charge in [-0.2, -0.15) is 17.4 Å². The molecule has 7 rings (SSSR count). The standard InChI is InChI=1S/C23H19N2S.C14H14N.Ir/c1-2-3-14-24-16-25(21-10-6-5-9-20(21)24)17-12-13-19-18-8-4-7-11-22(18)26-23(19)15-17;1-10-4-6-13(7-5-10)14-8-11(2)12(3)9-15-14;/h4-11,13,15H,2-3,14H2,1H3;4-6,8-9H,1-3H3;/q+1;-1;. The fourth-order valence-electron chi connectivity index (χ4n) is 5.00. The zero-order valence-electron chi connectivity index (χ0n) is 24.4. The Morgan fingerprint density at radius 3 is 2.36 bits per heavy atom. The van der Waals surface area contributed by atoms with Crippen molar-refractivity contribution in [3.8, 4) is 11.3 Å². The summed E-state index contributed by atoms with van der Waals surface area (Å²) in [6, 6.07) is 40.0. The van der Waals surface area contributed by atoms with E-state index in [9.17, 15) is 0 Å². The van der Waals surface area contributed by atoms with Crippen LogP contribution < -0.4 is 4.58 Å². The monoisotopic (exact) mass is 744 g/mol. The van der Waals surface area contributed by atoms with Gasteiger partial charge in [0, 0.05) is 49.6 Å². The SMILES string of the molecule is CCCC[N+]1=C=[N+](c2[c-]cc3c(c2)sc2ccccc23)c2ccccc21.Cc1c[c-]c(-c2cc(C)c(C)cn2)cc1.[Ir]. The minimum absolute atomic E-state index is 0. The number of para-hydroxylation sites is 2. The third-order valence-electron chi connectivity index (χ3n) is 7.52. The van der Waals surface area contributed by atoms with Crippen molar-refractivity contribution >= 4 is 54.6 Å². The number of hydrogen-bond acceptors (Lipinski definition) is 2. The second-order valence-corrected chi connectivity index (χ2v) is 11.6. The van der Waals surface area contributed by atoms with Crippen molar-refractivity contribution in [2.24, 2.45) is 0 Å². The molecule has 0 fully saturated rings. The molecule has 0 bridgehead atoms. The number of pyridine rings is 1. The molecule has 0 amide bonds. The van der Waals surface area contributed by atoms with Gasteiger partial charge in [0.15, 0.2) is 6.54 Å². The molecule has 3 nitrogen and oxygen atoms in total. The Balaban J connectivity index is 0.000000189. The van der Waals surface area contributed by atoms with Crippen LogP contribution in [0.25, 0.3) is 31.4 Å². The molecule has 5 heteroatoms. The first-order valence-electron chi connectivity index (χ1n) is 14.2. The number of rotatable bonds is 5. The van der Waals surface area contributed by atoms with Gasteiger partial charge in [0.25, 0.3) is 11.4 Å². The minimum Gasteiger partial charge on any atom is -0.304 e. The molecular formula is C37H33IrN3S. The molecule has 0 atom stereocenters. The van der Waals surface area contributed by atoms with Crippen LogP contribution in [0.5, 0.6) is 0 Å². The van der Waals surface area contributed by atoms with Crippen molar-refractivity contribution in [1.29, 1.82) is 0 Å². The van der Waals surface area contributed by atoms with Crippen molar-refractivity contribution in [1.82, 2.24) is 9.56 Å². The first-order valence-corrected chi connectivity index (χ1v) is 15.0. The van der Waals surface area contributed by atoms with Crippen LogP contribution in [0.4, 0.5) is 17.1 Å². The molecule has 6 aromatic rings. The normalized spacial score (nSPS) is 11.8. The molecule has 0 spiro atoms. The van der Waals surface area contributed by atoms with E-state index < -0.39 is 0 Å². The van der Waals surface area contributed by atoms with E-state index in [1.54, 1.807) is 0 Å². The van der Waals surface area contributed by atoms with E-state index in [1.165, 1.54) is 54.7 Å². The molecule has 0 unspecified atom stereocenters. The van der Waals surface area contributed by atoms with Crippen LogP contribution in [-0.4, -0.2) is 22.1 Å². The van der Waals surface area contributed by atoms with Crippen LogP contribution in [0, 0.1) is 32.9 Å². The Labute approximate surface area is 265 Å². The average molecular weight is 744 g/mol. The van der Waals surface area contributed by atoms with Gasteiger partial charge in [0.1, 0.15) is 5.69 Å². The number of benzene rings is 4. The Kier molecular flexibility index (Phi) is 9.26. The maximum atomic E-state index is 4.41. The molecule has 1 radical (unpaired) electrons. The van der Waals surface area contributed by atoms with Gasteiger partial charge >= 0.3 is 6.01 Å². The summed E-state index contributed by atoms with van der Waals surface area (Å²) in [6.07, 6.45) is 4.26. The van der Waals surface area contributed by atoms with Crippen molar-refractivity contribution in [3.05, 3.63) is 120 Å². The van der Waals surface area contributed by atoms with Gasteiger partial charge in [0.2, 0.25) is 0 Å². The van der Waals surface area contributed by atoms with Gasteiger partial charge < -0.3 is 4.98 Å². The smallest absolute Gasteiger partial charge is 0.304 e. The Morgan fingerprint density at radius 1 is 0.810 bits per heavy atom. The summed E-state index contributed by atoms with van der Waals surface area (Å²) in [6.45, 7) is 9.46. The van der Waals surface area contributed by atoms with Crippen molar-refractivity contribution in [3.63, 3.8) is 0 Å². The van der Waals surface area contributed by atoms with Crippen molar-refractivity contribution in [2.45, 2.75) is 40.5 Å². The van der Waals surface area contributed by atoms with Gasteiger partial charge in [-0.15, -0.1) is 46.8 Å². The van der Waals surface area contributed by atoms with Crippen LogP contribution in [0.2, 0.25) is 0 Å². The topological polar surface area (TPSA) is 18.9 Å². The van der Waals surface area contributed by atoms with Crippen LogP contribution >= 0.6 is 11.3 Å². The zero-order chi connectivity index (χ0) is 28.3. The molecular weight excluding hydrogens is 711 g/mol. The Morgan fingerprint density at radius 2 is 1.60 bits per heavy atom. The van der Waals surface area contributed by atoms with E-state index in [2.05, 4.69) is 139 Å². The van der Waals surface area contributed by atoms with Crippen molar-refractivity contribution in [2.75, 3.05) is 6.54 Å². The fourth-order valence-corrected chi connectivity index (χ4v) is 6.12. The third kappa shape index (κ3) is 6.07.